The van der Waals surface area contributed by atoms with Gasteiger partial charge in [-0.3, -0.25) is 4.79 Å². The van der Waals surface area contributed by atoms with E-state index in [0.29, 0.717) is 12.6 Å². The summed E-state index contributed by atoms with van der Waals surface area (Å²) in [6.45, 7) is 7.08. The molecule has 1 aliphatic heterocycles. The molecule has 1 unspecified atom stereocenters. The normalized spacial score (nSPS) is 19.1. The Kier molecular flexibility index (Phi) is 4.35. The first-order valence-corrected chi connectivity index (χ1v) is 5.22. The second-order valence-corrected chi connectivity index (χ2v) is 3.90. The molecular formula is C10H20N2O2. The molecule has 4 nitrogen and oxygen atoms in total. The first kappa shape index (κ1) is 11.5. The molecule has 0 spiro atoms. The third-order valence-electron chi connectivity index (χ3n) is 2.63. The molecule has 1 rings (SSSR count). The van der Waals surface area contributed by atoms with Crippen molar-refractivity contribution in [3.8, 4) is 0 Å². The van der Waals surface area contributed by atoms with Crippen LogP contribution in [0.25, 0.3) is 0 Å². The van der Waals surface area contributed by atoms with E-state index in [1.807, 2.05) is 13.8 Å². The van der Waals surface area contributed by atoms with Crippen molar-refractivity contribution in [2.24, 2.45) is 5.92 Å². The van der Waals surface area contributed by atoms with Crippen LogP contribution in [0.4, 0.5) is 0 Å². The van der Waals surface area contributed by atoms with Crippen molar-refractivity contribution in [1.29, 1.82) is 0 Å². The standard InChI is InChI=1S/C10H20N2O2/c1-4-14-10(13)8(2)7-12(3)9-5-11-6-9/h8-9,11H,4-7H2,1-3H3. The number of carbonyl (C=O) groups excluding carboxylic acids is 1. The van der Waals surface area contributed by atoms with Crippen LogP contribution in [0.5, 0.6) is 0 Å². The van der Waals surface area contributed by atoms with Crippen molar-refractivity contribution in [3.05, 3.63) is 0 Å². The lowest BCUT2D eigenvalue weighted by Crippen LogP contribution is -2.56. The number of hydrogen-bond acceptors (Lipinski definition) is 4. The van der Waals surface area contributed by atoms with E-state index in [1.54, 1.807) is 0 Å². The molecule has 0 amide bonds. The largest absolute Gasteiger partial charge is 0.466 e. The van der Waals surface area contributed by atoms with Crippen LogP contribution in [0.1, 0.15) is 13.8 Å². The van der Waals surface area contributed by atoms with Crippen LogP contribution in [0, 0.1) is 5.92 Å². The molecule has 0 aromatic rings. The molecule has 1 aliphatic rings. The minimum Gasteiger partial charge on any atom is -0.466 e. The van der Waals surface area contributed by atoms with Crippen molar-refractivity contribution in [2.75, 3.05) is 33.3 Å². The SMILES string of the molecule is CCOC(=O)C(C)CN(C)C1CNC1. The molecule has 0 bridgehead atoms. The van der Waals surface area contributed by atoms with Gasteiger partial charge in [0.05, 0.1) is 12.5 Å². The maximum Gasteiger partial charge on any atom is 0.309 e. The Balaban J connectivity index is 2.24. The van der Waals surface area contributed by atoms with Gasteiger partial charge in [0.2, 0.25) is 0 Å². The first-order chi connectivity index (χ1) is 6.65. The molecule has 0 radical (unpaired) electrons. The van der Waals surface area contributed by atoms with Crippen molar-refractivity contribution < 1.29 is 9.53 Å². The number of carbonyl (C=O) groups is 1. The highest BCUT2D eigenvalue weighted by molar-refractivity contribution is 5.72. The maximum atomic E-state index is 11.3. The summed E-state index contributed by atoms with van der Waals surface area (Å²) in [4.78, 5) is 13.6. The molecule has 14 heavy (non-hydrogen) atoms. The minimum absolute atomic E-state index is 0.0273. The van der Waals surface area contributed by atoms with Crippen LogP contribution in [-0.2, 0) is 9.53 Å². The molecule has 0 saturated carbocycles. The predicted molar refractivity (Wildman–Crippen MR) is 55.1 cm³/mol. The smallest absolute Gasteiger partial charge is 0.309 e. The summed E-state index contributed by atoms with van der Waals surface area (Å²) in [5.74, 6) is -0.118. The molecule has 4 heteroatoms. The number of nitrogens with one attached hydrogen (secondary N) is 1. The van der Waals surface area contributed by atoms with Gasteiger partial charge in [0, 0.05) is 25.7 Å². The number of hydrogen-bond donors (Lipinski definition) is 1. The Morgan fingerprint density at radius 2 is 2.29 bits per heavy atom. The van der Waals surface area contributed by atoms with Gasteiger partial charge in [-0.15, -0.1) is 0 Å². The zero-order valence-corrected chi connectivity index (χ0v) is 9.25. The average molecular weight is 200 g/mol. The summed E-state index contributed by atoms with van der Waals surface area (Å²) >= 11 is 0. The Morgan fingerprint density at radius 1 is 1.64 bits per heavy atom. The molecular weight excluding hydrogens is 180 g/mol. The number of esters is 1. The highest BCUT2D eigenvalue weighted by Gasteiger charge is 2.24. The van der Waals surface area contributed by atoms with Gasteiger partial charge in [0.25, 0.3) is 0 Å². The fourth-order valence-corrected chi connectivity index (χ4v) is 1.53. The summed E-state index contributed by atoms with van der Waals surface area (Å²) < 4.78 is 4.95. The van der Waals surface area contributed by atoms with E-state index in [2.05, 4.69) is 17.3 Å². The average Bonchev–Trinajstić information content (AvgIpc) is 2.00. The highest BCUT2D eigenvalue weighted by atomic mass is 16.5. The predicted octanol–water partition coefficient (Wildman–Crippen LogP) is 0.0892. The quantitative estimate of drug-likeness (QED) is 0.639. The van der Waals surface area contributed by atoms with E-state index < -0.39 is 0 Å². The van der Waals surface area contributed by atoms with Crippen LogP contribution < -0.4 is 5.32 Å². The first-order valence-electron chi connectivity index (χ1n) is 5.22. The van der Waals surface area contributed by atoms with Gasteiger partial charge in [-0.1, -0.05) is 6.92 Å². The molecule has 1 saturated heterocycles. The van der Waals surface area contributed by atoms with E-state index >= 15 is 0 Å². The van der Waals surface area contributed by atoms with Gasteiger partial charge in [-0.2, -0.15) is 0 Å². The van der Waals surface area contributed by atoms with E-state index in [-0.39, 0.29) is 11.9 Å². The van der Waals surface area contributed by atoms with Gasteiger partial charge < -0.3 is 15.0 Å². The van der Waals surface area contributed by atoms with Gasteiger partial charge >= 0.3 is 5.97 Å². The molecule has 1 fully saturated rings. The monoisotopic (exact) mass is 200 g/mol. The van der Waals surface area contributed by atoms with Crippen LogP contribution in [0.15, 0.2) is 0 Å². The lowest BCUT2D eigenvalue weighted by molar-refractivity contribution is -0.148. The Labute approximate surface area is 85.6 Å². The summed E-state index contributed by atoms with van der Waals surface area (Å²) in [5.41, 5.74) is 0. The second kappa shape index (κ2) is 5.32. The zero-order chi connectivity index (χ0) is 10.6. The molecule has 0 aromatic heterocycles. The third-order valence-corrected chi connectivity index (χ3v) is 2.63. The molecule has 1 atom stereocenters. The Hall–Kier alpha value is -0.610. The lowest BCUT2D eigenvalue weighted by atomic mass is 10.1. The summed E-state index contributed by atoms with van der Waals surface area (Å²) in [5, 5.41) is 3.21. The topological polar surface area (TPSA) is 41.6 Å². The molecule has 82 valence electrons. The van der Waals surface area contributed by atoms with Gasteiger partial charge in [0.1, 0.15) is 0 Å². The van der Waals surface area contributed by atoms with Crippen LogP contribution in [0.3, 0.4) is 0 Å². The molecule has 0 aliphatic carbocycles. The van der Waals surface area contributed by atoms with E-state index in [0.717, 1.165) is 19.6 Å². The zero-order valence-electron chi connectivity index (χ0n) is 9.25. The van der Waals surface area contributed by atoms with Crippen molar-refractivity contribution in [1.82, 2.24) is 10.2 Å². The van der Waals surface area contributed by atoms with Gasteiger partial charge in [-0.25, -0.2) is 0 Å². The third kappa shape index (κ3) is 2.96. The lowest BCUT2D eigenvalue weighted by Gasteiger charge is -2.36. The summed E-state index contributed by atoms with van der Waals surface area (Å²) in [7, 11) is 2.06. The number of ether oxygens (including phenoxy) is 1. The van der Waals surface area contributed by atoms with Crippen molar-refractivity contribution in [2.45, 2.75) is 19.9 Å². The van der Waals surface area contributed by atoms with Gasteiger partial charge in [-0.05, 0) is 14.0 Å². The Morgan fingerprint density at radius 3 is 2.71 bits per heavy atom. The molecule has 1 N–H and O–H groups in total. The van der Waals surface area contributed by atoms with E-state index in [9.17, 15) is 4.79 Å². The van der Waals surface area contributed by atoms with E-state index in [4.69, 9.17) is 4.74 Å². The second-order valence-electron chi connectivity index (χ2n) is 3.90. The number of nitrogens with zero attached hydrogens (tertiary/aromatic N) is 1. The van der Waals surface area contributed by atoms with Gasteiger partial charge in [0.15, 0.2) is 0 Å². The Bertz CT molecular complexity index is 193. The highest BCUT2D eigenvalue weighted by Crippen LogP contribution is 2.07. The number of rotatable bonds is 5. The summed E-state index contributed by atoms with van der Waals surface area (Å²) in [6, 6.07) is 0.590. The molecule has 0 aromatic carbocycles. The maximum absolute atomic E-state index is 11.3. The fourth-order valence-electron chi connectivity index (χ4n) is 1.53. The summed E-state index contributed by atoms with van der Waals surface area (Å²) in [6.07, 6.45) is 0. The van der Waals surface area contributed by atoms with Crippen molar-refractivity contribution in [3.63, 3.8) is 0 Å². The van der Waals surface area contributed by atoms with Crippen molar-refractivity contribution >= 4 is 5.97 Å². The molecule has 1 heterocycles. The van der Waals surface area contributed by atoms with Crippen LogP contribution in [0.2, 0.25) is 0 Å². The van der Waals surface area contributed by atoms with Crippen LogP contribution in [-0.4, -0.2) is 50.2 Å². The minimum atomic E-state index is -0.0911. The van der Waals surface area contributed by atoms with E-state index in [1.165, 1.54) is 0 Å². The fraction of sp³-hybridized carbons (Fsp3) is 0.900. The van der Waals surface area contributed by atoms with Crippen LogP contribution >= 0.6 is 0 Å². The number of likely N-dealkylation sites (N-methyl/N-ethyl adjacent to an activating group) is 1.